The first-order valence-corrected chi connectivity index (χ1v) is 9.36. The molecule has 4 rings (SSSR count). The molecule has 29 heavy (non-hydrogen) atoms. The molecular formula is C20H21FN6O2. The van der Waals surface area contributed by atoms with E-state index in [1.807, 2.05) is 0 Å². The highest BCUT2D eigenvalue weighted by molar-refractivity contribution is 5.94. The highest BCUT2D eigenvalue weighted by Crippen LogP contribution is 2.28. The van der Waals surface area contributed by atoms with Crippen LogP contribution in [0, 0.1) is 5.82 Å². The van der Waals surface area contributed by atoms with Crippen molar-refractivity contribution in [1.82, 2.24) is 24.9 Å². The molecule has 0 unspecified atom stereocenters. The number of hydrogen-bond donors (Lipinski definition) is 2. The van der Waals surface area contributed by atoms with Crippen LogP contribution < -0.4 is 5.73 Å². The molecule has 0 atom stereocenters. The van der Waals surface area contributed by atoms with Gasteiger partial charge in [0.1, 0.15) is 17.2 Å². The van der Waals surface area contributed by atoms with Crippen LogP contribution in [0.3, 0.4) is 0 Å². The molecule has 1 aromatic carbocycles. The molecule has 0 aliphatic carbocycles. The van der Waals surface area contributed by atoms with E-state index in [9.17, 15) is 14.0 Å². The van der Waals surface area contributed by atoms with Crippen molar-refractivity contribution >= 4 is 11.8 Å². The normalized spacial score (nSPS) is 14.9. The Morgan fingerprint density at radius 1 is 1.17 bits per heavy atom. The highest BCUT2D eigenvalue weighted by atomic mass is 19.1. The van der Waals surface area contributed by atoms with Gasteiger partial charge in [-0.2, -0.15) is 10.2 Å². The van der Waals surface area contributed by atoms with Gasteiger partial charge in [0, 0.05) is 37.3 Å². The standard InChI is InChI=1S/C20H21FN6O2/c1-26-18(11-16(25-26)12-2-4-14(21)5-3-12)20(29)27-8-6-13(7-9-27)15-10-17(19(22)28)24-23-15/h2-5,10-11,13H,6-9H2,1H3,(H2,22,28)(H,23,24). The van der Waals surface area contributed by atoms with Gasteiger partial charge >= 0.3 is 0 Å². The lowest BCUT2D eigenvalue weighted by Gasteiger charge is -2.31. The zero-order valence-electron chi connectivity index (χ0n) is 15.9. The number of H-pyrrole nitrogens is 1. The summed E-state index contributed by atoms with van der Waals surface area (Å²) in [6.45, 7) is 1.18. The van der Waals surface area contributed by atoms with E-state index in [2.05, 4.69) is 15.3 Å². The largest absolute Gasteiger partial charge is 0.364 e. The number of rotatable bonds is 4. The topological polar surface area (TPSA) is 110 Å². The number of hydrogen-bond acceptors (Lipinski definition) is 4. The molecule has 0 radical (unpaired) electrons. The number of piperidine rings is 1. The molecule has 2 amide bonds. The first kappa shape index (κ1) is 18.9. The number of nitrogens with two attached hydrogens (primary N) is 1. The van der Waals surface area contributed by atoms with Gasteiger partial charge in [0.05, 0.1) is 5.69 Å². The van der Waals surface area contributed by atoms with Gasteiger partial charge in [0.15, 0.2) is 0 Å². The summed E-state index contributed by atoms with van der Waals surface area (Å²) < 4.78 is 14.7. The van der Waals surface area contributed by atoms with Crippen LogP contribution in [0.25, 0.3) is 11.3 Å². The molecule has 1 aliphatic heterocycles. The van der Waals surface area contributed by atoms with Crippen molar-refractivity contribution in [1.29, 1.82) is 0 Å². The van der Waals surface area contributed by atoms with Crippen LogP contribution in [0.15, 0.2) is 36.4 Å². The van der Waals surface area contributed by atoms with Crippen molar-refractivity contribution in [2.24, 2.45) is 12.8 Å². The predicted octanol–water partition coefficient (Wildman–Crippen LogP) is 2.07. The average Bonchev–Trinajstić information content (AvgIpc) is 3.35. The zero-order chi connectivity index (χ0) is 20.5. The highest BCUT2D eigenvalue weighted by Gasteiger charge is 2.28. The predicted molar refractivity (Wildman–Crippen MR) is 104 cm³/mol. The number of primary amides is 1. The number of amides is 2. The van der Waals surface area contributed by atoms with Crippen molar-refractivity contribution in [3.63, 3.8) is 0 Å². The number of halogens is 1. The summed E-state index contributed by atoms with van der Waals surface area (Å²) in [6.07, 6.45) is 1.52. The Morgan fingerprint density at radius 2 is 1.86 bits per heavy atom. The third kappa shape index (κ3) is 3.75. The minimum absolute atomic E-state index is 0.0887. The van der Waals surface area contributed by atoms with Gasteiger partial charge in [-0.05, 0) is 49.2 Å². The van der Waals surface area contributed by atoms with Crippen LogP contribution in [0.1, 0.15) is 45.4 Å². The fourth-order valence-electron chi connectivity index (χ4n) is 3.66. The molecule has 1 saturated heterocycles. The Bertz CT molecular complexity index is 1050. The lowest BCUT2D eigenvalue weighted by atomic mass is 9.93. The third-order valence-corrected chi connectivity index (χ3v) is 5.31. The molecule has 8 nitrogen and oxygen atoms in total. The Kier molecular flexibility index (Phi) is 4.87. The number of nitrogens with zero attached hydrogens (tertiary/aromatic N) is 4. The Hall–Kier alpha value is -3.49. The quantitative estimate of drug-likeness (QED) is 0.703. The first-order valence-electron chi connectivity index (χ1n) is 9.36. The van der Waals surface area contributed by atoms with Crippen LogP contribution in [-0.2, 0) is 7.05 Å². The van der Waals surface area contributed by atoms with Crippen molar-refractivity contribution in [2.45, 2.75) is 18.8 Å². The number of carbonyl (C=O) groups is 2. The van der Waals surface area contributed by atoms with E-state index >= 15 is 0 Å². The number of benzene rings is 1. The number of aromatic nitrogens is 4. The lowest BCUT2D eigenvalue weighted by molar-refractivity contribution is 0.0700. The summed E-state index contributed by atoms with van der Waals surface area (Å²) in [5.41, 5.74) is 8.20. The average molecular weight is 396 g/mol. The van der Waals surface area contributed by atoms with Crippen LogP contribution in [0.5, 0.6) is 0 Å². The first-order chi connectivity index (χ1) is 13.9. The summed E-state index contributed by atoms with van der Waals surface area (Å²) in [6, 6.07) is 9.44. The Balaban J connectivity index is 1.44. The molecule has 1 aliphatic rings. The van der Waals surface area contributed by atoms with Crippen LogP contribution in [-0.4, -0.2) is 49.8 Å². The summed E-state index contributed by atoms with van der Waals surface area (Å²) >= 11 is 0. The van der Waals surface area contributed by atoms with Gasteiger partial charge in [-0.25, -0.2) is 4.39 Å². The van der Waals surface area contributed by atoms with Gasteiger partial charge in [0.2, 0.25) is 0 Å². The number of likely N-dealkylation sites (tertiary alicyclic amines) is 1. The van der Waals surface area contributed by atoms with Crippen LogP contribution in [0.4, 0.5) is 4.39 Å². The molecule has 1 fully saturated rings. The second-order valence-electron chi connectivity index (χ2n) is 7.18. The minimum atomic E-state index is -0.562. The smallest absolute Gasteiger partial charge is 0.272 e. The van der Waals surface area contributed by atoms with Crippen LogP contribution >= 0.6 is 0 Å². The SMILES string of the molecule is Cn1nc(-c2ccc(F)cc2)cc1C(=O)N1CCC(c2cc(C(N)=O)n[nH]2)CC1. The van der Waals surface area contributed by atoms with Gasteiger partial charge in [-0.1, -0.05) is 0 Å². The molecule has 2 aromatic heterocycles. The molecule has 9 heteroatoms. The molecular weight excluding hydrogens is 375 g/mol. The number of carbonyl (C=O) groups excluding carboxylic acids is 2. The summed E-state index contributed by atoms with van der Waals surface area (Å²) in [7, 11) is 1.73. The molecule has 0 bridgehead atoms. The zero-order valence-corrected chi connectivity index (χ0v) is 15.9. The van der Waals surface area contributed by atoms with E-state index in [0.29, 0.717) is 24.5 Å². The molecule has 0 spiro atoms. The molecule has 0 saturated carbocycles. The van der Waals surface area contributed by atoms with Gasteiger partial charge < -0.3 is 10.6 Å². The van der Waals surface area contributed by atoms with Crippen molar-refractivity contribution in [3.8, 4) is 11.3 Å². The van der Waals surface area contributed by atoms with E-state index in [4.69, 9.17) is 5.73 Å². The Morgan fingerprint density at radius 3 is 2.48 bits per heavy atom. The monoisotopic (exact) mass is 396 g/mol. The van der Waals surface area contributed by atoms with Gasteiger partial charge in [-0.3, -0.25) is 19.4 Å². The molecule has 3 aromatic rings. The minimum Gasteiger partial charge on any atom is -0.364 e. The van der Waals surface area contributed by atoms with Crippen molar-refractivity contribution in [3.05, 3.63) is 59.3 Å². The third-order valence-electron chi connectivity index (χ3n) is 5.31. The van der Waals surface area contributed by atoms with E-state index in [-0.39, 0.29) is 23.3 Å². The number of nitrogens with one attached hydrogen (secondary N) is 1. The van der Waals surface area contributed by atoms with E-state index in [1.54, 1.807) is 40.9 Å². The molecule has 150 valence electrons. The fraction of sp³-hybridized carbons (Fsp3) is 0.300. The Labute approximate surface area is 166 Å². The lowest BCUT2D eigenvalue weighted by Crippen LogP contribution is -2.38. The van der Waals surface area contributed by atoms with Gasteiger partial charge in [-0.15, -0.1) is 0 Å². The van der Waals surface area contributed by atoms with Crippen molar-refractivity contribution < 1.29 is 14.0 Å². The van der Waals surface area contributed by atoms with E-state index in [1.165, 1.54) is 12.1 Å². The second kappa shape index (κ2) is 7.50. The second-order valence-corrected chi connectivity index (χ2v) is 7.18. The van der Waals surface area contributed by atoms with Gasteiger partial charge in [0.25, 0.3) is 11.8 Å². The maximum atomic E-state index is 13.1. The van der Waals surface area contributed by atoms with Crippen LogP contribution in [0.2, 0.25) is 0 Å². The molecule has 3 N–H and O–H groups in total. The van der Waals surface area contributed by atoms with Crippen molar-refractivity contribution in [2.75, 3.05) is 13.1 Å². The van der Waals surface area contributed by atoms with E-state index in [0.717, 1.165) is 24.1 Å². The maximum Gasteiger partial charge on any atom is 0.272 e. The molecule has 3 heterocycles. The summed E-state index contributed by atoms with van der Waals surface area (Å²) in [5, 5.41) is 11.2. The summed E-state index contributed by atoms with van der Waals surface area (Å²) in [5.74, 6) is -0.771. The maximum absolute atomic E-state index is 13.1. The number of aryl methyl sites for hydroxylation is 1. The van der Waals surface area contributed by atoms with E-state index < -0.39 is 5.91 Å². The fourth-order valence-corrected chi connectivity index (χ4v) is 3.66. The summed E-state index contributed by atoms with van der Waals surface area (Å²) in [4.78, 5) is 26.0. The number of aromatic amines is 1.